The molecule has 0 rings (SSSR count). The van der Waals surface area contributed by atoms with Gasteiger partial charge < -0.3 is 15.7 Å². The van der Waals surface area contributed by atoms with Crippen molar-refractivity contribution >= 4 is 12.0 Å². The molecule has 5 heteroatoms. The van der Waals surface area contributed by atoms with Gasteiger partial charge in [0.1, 0.15) is 0 Å². The van der Waals surface area contributed by atoms with Crippen LogP contribution in [-0.4, -0.2) is 30.2 Å². The third kappa shape index (κ3) is 9.05. The Kier molecular flexibility index (Phi) is 7.93. The summed E-state index contributed by atoms with van der Waals surface area (Å²) in [7, 11) is 0. The van der Waals surface area contributed by atoms with Gasteiger partial charge in [0.2, 0.25) is 0 Å². The molecule has 1 unspecified atom stereocenters. The lowest BCUT2D eigenvalue weighted by Gasteiger charge is -2.10. The summed E-state index contributed by atoms with van der Waals surface area (Å²) in [6.45, 7) is 6.47. The fourth-order valence-corrected chi connectivity index (χ4v) is 1.17. The SMILES string of the molecule is C=CCNC(=O)NCCC(C)CCC(=O)O. The summed E-state index contributed by atoms with van der Waals surface area (Å²) >= 11 is 0. The van der Waals surface area contributed by atoms with Gasteiger partial charge in [-0.2, -0.15) is 0 Å². The lowest BCUT2D eigenvalue weighted by atomic mass is 10.0. The van der Waals surface area contributed by atoms with E-state index < -0.39 is 5.97 Å². The molecule has 3 N–H and O–H groups in total. The predicted octanol–water partition coefficient (Wildman–Crippen LogP) is 1.36. The molecule has 0 heterocycles. The average Bonchev–Trinajstić information content (AvgIpc) is 2.23. The molecular weight excluding hydrogens is 208 g/mol. The Hall–Kier alpha value is -1.52. The van der Waals surface area contributed by atoms with E-state index in [2.05, 4.69) is 17.2 Å². The van der Waals surface area contributed by atoms with Crippen molar-refractivity contribution in [1.29, 1.82) is 0 Å². The third-order valence-corrected chi connectivity index (χ3v) is 2.18. The summed E-state index contributed by atoms with van der Waals surface area (Å²) in [6.07, 6.45) is 3.22. The van der Waals surface area contributed by atoms with Crippen LogP contribution in [0.5, 0.6) is 0 Å². The lowest BCUT2D eigenvalue weighted by molar-refractivity contribution is -0.137. The molecule has 0 saturated carbocycles. The van der Waals surface area contributed by atoms with Crippen LogP contribution in [0.2, 0.25) is 0 Å². The highest BCUT2D eigenvalue weighted by Gasteiger charge is 2.06. The summed E-state index contributed by atoms with van der Waals surface area (Å²) in [6, 6.07) is -0.217. The maximum atomic E-state index is 11.1. The zero-order chi connectivity index (χ0) is 12.4. The smallest absolute Gasteiger partial charge is 0.315 e. The Bertz CT molecular complexity index is 241. The first-order chi connectivity index (χ1) is 7.56. The van der Waals surface area contributed by atoms with E-state index in [9.17, 15) is 9.59 Å². The van der Waals surface area contributed by atoms with E-state index in [1.165, 1.54) is 0 Å². The Balaban J connectivity index is 3.45. The number of hydrogen-bond acceptors (Lipinski definition) is 2. The normalized spacial score (nSPS) is 11.6. The van der Waals surface area contributed by atoms with Crippen LogP contribution in [0.1, 0.15) is 26.2 Å². The standard InChI is InChI=1S/C11H20N2O3/c1-3-7-12-11(16)13-8-6-9(2)4-5-10(14)15/h3,9H,1,4-8H2,2H3,(H,14,15)(H2,12,13,16). The van der Waals surface area contributed by atoms with Gasteiger partial charge in [-0.05, 0) is 18.8 Å². The second kappa shape index (κ2) is 8.76. The molecule has 0 aliphatic carbocycles. The summed E-state index contributed by atoms with van der Waals surface area (Å²) in [5.41, 5.74) is 0. The molecule has 0 spiro atoms. The topological polar surface area (TPSA) is 78.4 Å². The van der Waals surface area contributed by atoms with Crippen molar-refractivity contribution in [3.63, 3.8) is 0 Å². The number of hydrogen-bond donors (Lipinski definition) is 3. The molecule has 0 radical (unpaired) electrons. The van der Waals surface area contributed by atoms with Crippen LogP contribution in [0.3, 0.4) is 0 Å². The van der Waals surface area contributed by atoms with E-state index in [1.54, 1.807) is 6.08 Å². The third-order valence-electron chi connectivity index (χ3n) is 2.18. The molecule has 5 nitrogen and oxygen atoms in total. The van der Waals surface area contributed by atoms with E-state index in [0.717, 1.165) is 6.42 Å². The van der Waals surface area contributed by atoms with E-state index in [1.807, 2.05) is 6.92 Å². The zero-order valence-electron chi connectivity index (χ0n) is 9.66. The van der Waals surface area contributed by atoms with Crippen LogP contribution >= 0.6 is 0 Å². The second-order valence-corrected chi connectivity index (χ2v) is 3.75. The molecule has 2 amide bonds. The molecule has 0 aromatic carbocycles. The van der Waals surface area contributed by atoms with Crippen LogP contribution < -0.4 is 10.6 Å². The lowest BCUT2D eigenvalue weighted by Crippen LogP contribution is -2.36. The largest absolute Gasteiger partial charge is 0.481 e. The number of carboxylic acids is 1. The van der Waals surface area contributed by atoms with Crippen molar-refractivity contribution < 1.29 is 14.7 Å². The Morgan fingerprint density at radius 1 is 1.38 bits per heavy atom. The quantitative estimate of drug-likeness (QED) is 0.549. The average molecular weight is 228 g/mol. The first kappa shape index (κ1) is 14.5. The summed E-state index contributed by atoms with van der Waals surface area (Å²) in [4.78, 5) is 21.4. The molecule has 1 atom stereocenters. The van der Waals surface area contributed by atoms with Crippen molar-refractivity contribution in [1.82, 2.24) is 10.6 Å². The van der Waals surface area contributed by atoms with E-state index in [0.29, 0.717) is 25.4 Å². The Morgan fingerprint density at radius 3 is 2.62 bits per heavy atom. The maximum absolute atomic E-state index is 11.1. The minimum absolute atomic E-state index is 0.184. The van der Waals surface area contributed by atoms with E-state index in [4.69, 9.17) is 5.11 Å². The summed E-state index contributed by atoms with van der Waals surface area (Å²) < 4.78 is 0. The highest BCUT2D eigenvalue weighted by atomic mass is 16.4. The van der Waals surface area contributed by atoms with E-state index in [-0.39, 0.29) is 12.5 Å². The van der Waals surface area contributed by atoms with Crippen LogP contribution in [0.4, 0.5) is 4.79 Å². The molecule has 0 bridgehead atoms. The summed E-state index contributed by atoms with van der Waals surface area (Å²) in [5.74, 6) is -0.473. The molecule has 0 fully saturated rings. The van der Waals surface area contributed by atoms with Gasteiger partial charge in [0, 0.05) is 19.5 Å². The van der Waals surface area contributed by atoms with Gasteiger partial charge >= 0.3 is 12.0 Å². The molecule has 0 aliphatic heterocycles. The zero-order valence-corrected chi connectivity index (χ0v) is 9.66. The van der Waals surface area contributed by atoms with Crippen LogP contribution in [0, 0.1) is 5.92 Å². The van der Waals surface area contributed by atoms with Crippen molar-refractivity contribution in [2.24, 2.45) is 5.92 Å². The minimum atomic E-state index is -0.775. The molecule has 0 aromatic heterocycles. The first-order valence-corrected chi connectivity index (χ1v) is 5.40. The highest BCUT2D eigenvalue weighted by Crippen LogP contribution is 2.08. The highest BCUT2D eigenvalue weighted by molar-refractivity contribution is 5.73. The maximum Gasteiger partial charge on any atom is 0.315 e. The van der Waals surface area contributed by atoms with Gasteiger partial charge in [0.25, 0.3) is 0 Å². The van der Waals surface area contributed by atoms with Crippen LogP contribution in [-0.2, 0) is 4.79 Å². The molecule has 0 saturated heterocycles. The number of nitrogens with one attached hydrogen (secondary N) is 2. The molecule has 0 aromatic rings. The monoisotopic (exact) mass is 228 g/mol. The molecule has 16 heavy (non-hydrogen) atoms. The van der Waals surface area contributed by atoms with Crippen molar-refractivity contribution in [3.05, 3.63) is 12.7 Å². The number of carboxylic acid groups (broad SMARTS) is 1. The molecular formula is C11H20N2O3. The number of amides is 2. The fourth-order valence-electron chi connectivity index (χ4n) is 1.17. The van der Waals surface area contributed by atoms with Gasteiger partial charge in [-0.25, -0.2) is 4.79 Å². The van der Waals surface area contributed by atoms with Crippen LogP contribution in [0.25, 0.3) is 0 Å². The number of carbonyl (C=O) groups excluding carboxylic acids is 1. The predicted molar refractivity (Wildman–Crippen MR) is 62.2 cm³/mol. The Labute approximate surface area is 95.9 Å². The van der Waals surface area contributed by atoms with Gasteiger partial charge in [-0.3, -0.25) is 4.79 Å². The second-order valence-electron chi connectivity index (χ2n) is 3.75. The summed E-state index contributed by atoms with van der Waals surface area (Å²) in [5, 5.41) is 13.8. The number of rotatable bonds is 8. The fraction of sp³-hybridized carbons (Fsp3) is 0.636. The minimum Gasteiger partial charge on any atom is -0.481 e. The van der Waals surface area contributed by atoms with Gasteiger partial charge in [-0.1, -0.05) is 13.0 Å². The molecule has 0 aliphatic rings. The van der Waals surface area contributed by atoms with Crippen molar-refractivity contribution in [2.75, 3.05) is 13.1 Å². The first-order valence-electron chi connectivity index (χ1n) is 5.40. The van der Waals surface area contributed by atoms with E-state index >= 15 is 0 Å². The van der Waals surface area contributed by atoms with Gasteiger partial charge in [-0.15, -0.1) is 6.58 Å². The number of aliphatic carboxylic acids is 1. The van der Waals surface area contributed by atoms with Crippen molar-refractivity contribution in [2.45, 2.75) is 26.2 Å². The number of carbonyl (C=O) groups is 2. The number of urea groups is 1. The van der Waals surface area contributed by atoms with Gasteiger partial charge in [0.15, 0.2) is 0 Å². The molecule has 92 valence electrons. The Morgan fingerprint density at radius 2 is 2.06 bits per heavy atom. The van der Waals surface area contributed by atoms with Gasteiger partial charge in [0.05, 0.1) is 0 Å². The van der Waals surface area contributed by atoms with Crippen molar-refractivity contribution in [3.8, 4) is 0 Å². The van der Waals surface area contributed by atoms with Crippen LogP contribution in [0.15, 0.2) is 12.7 Å².